The summed E-state index contributed by atoms with van der Waals surface area (Å²) in [6.07, 6.45) is 4.49. The minimum Gasteiger partial charge on any atom is -0.353 e. The minimum atomic E-state index is -3.02. The Morgan fingerprint density at radius 3 is 2.40 bits per heavy atom. The molecule has 1 unspecified atom stereocenters. The van der Waals surface area contributed by atoms with Crippen molar-refractivity contribution in [3.8, 4) is 0 Å². The average molecular weight is 302 g/mol. The number of rotatable bonds is 4. The van der Waals surface area contributed by atoms with E-state index in [4.69, 9.17) is 0 Å². The maximum Gasteiger partial charge on any atom is 0.232 e. The van der Waals surface area contributed by atoms with Gasteiger partial charge in [0, 0.05) is 19.1 Å². The van der Waals surface area contributed by atoms with Crippen LogP contribution in [0, 0.1) is 0 Å². The van der Waals surface area contributed by atoms with E-state index in [0.717, 1.165) is 25.7 Å². The smallest absolute Gasteiger partial charge is 0.232 e. The fourth-order valence-electron chi connectivity index (χ4n) is 2.90. The summed E-state index contributed by atoms with van der Waals surface area (Å²) in [6.45, 7) is 0. The predicted molar refractivity (Wildman–Crippen MR) is 74.8 cm³/mol. The Balaban J connectivity index is 1.80. The molecule has 0 aromatic heterocycles. The highest BCUT2D eigenvalue weighted by atomic mass is 32.2. The van der Waals surface area contributed by atoms with Crippen molar-refractivity contribution in [2.75, 3.05) is 18.6 Å². The van der Waals surface area contributed by atoms with Gasteiger partial charge in [-0.2, -0.15) is 0 Å². The molecule has 1 saturated heterocycles. The van der Waals surface area contributed by atoms with E-state index >= 15 is 0 Å². The van der Waals surface area contributed by atoms with Gasteiger partial charge in [-0.15, -0.1) is 0 Å². The molecule has 0 aromatic carbocycles. The van der Waals surface area contributed by atoms with Gasteiger partial charge in [-0.05, 0) is 19.3 Å². The van der Waals surface area contributed by atoms with Gasteiger partial charge in [0.25, 0.3) is 0 Å². The van der Waals surface area contributed by atoms with Crippen molar-refractivity contribution in [1.82, 2.24) is 10.2 Å². The summed E-state index contributed by atoms with van der Waals surface area (Å²) < 4.78 is 22.8. The van der Waals surface area contributed by atoms with E-state index in [2.05, 4.69) is 5.32 Å². The maximum absolute atomic E-state index is 12.0. The van der Waals surface area contributed by atoms with Gasteiger partial charge in [0.15, 0.2) is 9.84 Å². The Morgan fingerprint density at radius 1 is 1.20 bits per heavy atom. The lowest BCUT2D eigenvalue weighted by Gasteiger charge is -2.23. The number of nitrogens with one attached hydrogen (secondary N) is 1. The average Bonchev–Trinajstić information content (AvgIpc) is 2.97. The van der Waals surface area contributed by atoms with E-state index in [1.165, 1.54) is 4.90 Å². The van der Waals surface area contributed by atoms with Gasteiger partial charge >= 0.3 is 0 Å². The Labute approximate surface area is 119 Å². The third kappa shape index (κ3) is 3.94. The van der Waals surface area contributed by atoms with Crippen LogP contribution in [0.15, 0.2) is 0 Å². The molecule has 1 aliphatic heterocycles. The molecule has 0 spiro atoms. The molecule has 1 heterocycles. The Bertz CT molecular complexity index is 483. The molecule has 1 saturated carbocycles. The first-order chi connectivity index (χ1) is 9.37. The van der Waals surface area contributed by atoms with Crippen LogP contribution in [0.25, 0.3) is 0 Å². The van der Waals surface area contributed by atoms with E-state index in [1.807, 2.05) is 0 Å². The van der Waals surface area contributed by atoms with Gasteiger partial charge in [-0.25, -0.2) is 8.42 Å². The molecule has 2 fully saturated rings. The highest BCUT2D eigenvalue weighted by molar-refractivity contribution is 7.91. The number of amides is 2. The summed E-state index contributed by atoms with van der Waals surface area (Å²) in [4.78, 5) is 25.2. The van der Waals surface area contributed by atoms with Gasteiger partial charge in [-0.3, -0.25) is 9.59 Å². The zero-order valence-electron chi connectivity index (χ0n) is 11.8. The molecule has 0 aromatic rings. The molecule has 2 rings (SSSR count). The molecule has 2 amide bonds. The van der Waals surface area contributed by atoms with Crippen LogP contribution in [0.4, 0.5) is 0 Å². The molecule has 20 heavy (non-hydrogen) atoms. The fourth-order valence-corrected chi connectivity index (χ4v) is 4.67. The first-order valence-corrected chi connectivity index (χ1v) is 8.95. The highest BCUT2D eigenvalue weighted by Gasteiger charge is 2.33. The number of sulfone groups is 1. The van der Waals surface area contributed by atoms with Crippen LogP contribution in [0.2, 0.25) is 0 Å². The summed E-state index contributed by atoms with van der Waals surface area (Å²) >= 11 is 0. The van der Waals surface area contributed by atoms with Gasteiger partial charge < -0.3 is 10.2 Å². The van der Waals surface area contributed by atoms with E-state index < -0.39 is 9.84 Å². The Hall–Kier alpha value is -1.11. The first kappa shape index (κ1) is 15.3. The first-order valence-electron chi connectivity index (χ1n) is 7.13. The Kier molecular flexibility index (Phi) is 4.67. The molecule has 6 nitrogen and oxygen atoms in total. The van der Waals surface area contributed by atoms with Crippen molar-refractivity contribution in [2.45, 2.75) is 50.6 Å². The second-order valence-corrected chi connectivity index (χ2v) is 8.02. The van der Waals surface area contributed by atoms with Crippen molar-refractivity contribution in [2.24, 2.45) is 0 Å². The van der Waals surface area contributed by atoms with Crippen LogP contribution in [0.1, 0.15) is 38.5 Å². The van der Waals surface area contributed by atoms with E-state index in [9.17, 15) is 18.0 Å². The van der Waals surface area contributed by atoms with Crippen molar-refractivity contribution >= 4 is 21.7 Å². The molecule has 114 valence electrons. The van der Waals surface area contributed by atoms with Crippen LogP contribution >= 0.6 is 0 Å². The second-order valence-electron chi connectivity index (χ2n) is 5.79. The molecule has 7 heteroatoms. The number of nitrogens with zero attached hydrogens (tertiary/aromatic N) is 1. The molecule has 1 aliphatic carbocycles. The minimum absolute atomic E-state index is 0.0134. The van der Waals surface area contributed by atoms with Crippen LogP contribution in [-0.4, -0.2) is 55.8 Å². The SMILES string of the molecule is CN(C(=O)CC(=O)NC1CCCC1)C1CCS(=O)(=O)C1. The lowest BCUT2D eigenvalue weighted by atomic mass is 10.2. The third-order valence-electron chi connectivity index (χ3n) is 4.18. The van der Waals surface area contributed by atoms with Crippen molar-refractivity contribution in [3.63, 3.8) is 0 Å². The van der Waals surface area contributed by atoms with Crippen LogP contribution in [0.3, 0.4) is 0 Å². The maximum atomic E-state index is 12.0. The quantitative estimate of drug-likeness (QED) is 0.746. The summed E-state index contributed by atoms with van der Waals surface area (Å²) in [5, 5.41) is 2.87. The van der Waals surface area contributed by atoms with Crippen molar-refractivity contribution in [1.29, 1.82) is 0 Å². The topological polar surface area (TPSA) is 83.6 Å². The zero-order valence-corrected chi connectivity index (χ0v) is 12.6. The van der Waals surface area contributed by atoms with Crippen molar-refractivity contribution in [3.05, 3.63) is 0 Å². The monoisotopic (exact) mass is 302 g/mol. The number of carbonyl (C=O) groups excluding carboxylic acids is 2. The molecular formula is C13H22N2O4S. The highest BCUT2D eigenvalue weighted by Crippen LogP contribution is 2.19. The van der Waals surface area contributed by atoms with Gasteiger partial charge in [0.1, 0.15) is 6.42 Å². The predicted octanol–water partition coefficient (Wildman–Crippen LogP) is 0.0808. The van der Waals surface area contributed by atoms with Crippen LogP contribution in [0.5, 0.6) is 0 Å². The molecule has 0 radical (unpaired) electrons. The van der Waals surface area contributed by atoms with Gasteiger partial charge in [0.2, 0.25) is 11.8 Å². The molecule has 2 aliphatic rings. The number of hydrogen-bond acceptors (Lipinski definition) is 4. The summed E-state index contributed by atoms with van der Waals surface area (Å²) in [7, 11) is -1.44. The normalized spacial score (nSPS) is 25.6. The second kappa shape index (κ2) is 6.11. The van der Waals surface area contributed by atoms with Gasteiger partial charge in [0.05, 0.1) is 11.5 Å². The molecule has 0 bridgehead atoms. The van der Waals surface area contributed by atoms with Crippen molar-refractivity contribution < 1.29 is 18.0 Å². The van der Waals surface area contributed by atoms with Gasteiger partial charge in [-0.1, -0.05) is 12.8 Å². The lowest BCUT2D eigenvalue weighted by molar-refractivity contribution is -0.136. The van der Waals surface area contributed by atoms with E-state index in [1.54, 1.807) is 7.05 Å². The van der Waals surface area contributed by atoms with Crippen LogP contribution in [-0.2, 0) is 19.4 Å². The molecular weight excluding hydrogens is 280 g/mol. The zero-order chi connectivity index (χ0) is 14.8. The summed E-state index contributed by atoms with van der Waals surface area (Å²) in [6, 6.07) is -0.0840. The summed E-state index contributed by atoms with van der Waals surface area (Å²) in [5.41, 5.74) is 0. The number of hydrogen-bond donors (Lipinski definition) is 1. The van der Waals surface area contributed by atoms with E-state index in [0.29, 0.717) is 6.42 Å². The lowest BCUT2D eigenvalue weighted by Crippen LogP contribution is -2.41. The van der Waals surface area contributed by atoms with Crippen LogP contribution < -0.4 is 5.32 Å². The van der Waals surface area contributed by atoms with E-state index in [-0.39, 0.29) is 41.8 Å². The molecule has 1 atom stereocenters. The summed E-state index contributed by atoms with van der Waals surface area (Å²) in [5.74, 6) is -0.416. The fraction of sp³-hybridized carbons (Fsp3) is 0.846. The molecule has 1 N–H and O–H groups in total. The number of carbonyl (C=O) groups is 2. The standard InChI is InChI=1S/C13H22N2O4S/c1-15(11-6-7-20(18,19)9-11)13(17)8-12(16)14-10-4-2-3-5-10/h10-11H,2-9H2,1H3,(H,14,16). The largest absolute Gasteiger partial charge is 0.353 e. The Morgan fingerprint density at radius 2 is 1.85 bits per heavy atom. The third-order valence-corrected chi connectivity index (χ3v) is 5.93.